The summed E-state index contributed by atoms with van der Waals surface area (Å²) in [4.78, 5) is 0. The average molecular weight is 241 g/mol. The van der Waals surface area contributed by atoms with Gasteiger partial charge in [0.2, 0.25) is 0 Å². The van der Waals surface area contributed by atoms with Crippen LogP contribution in [0.5, 0.6) is 0 Å². The van der Waals surface area contributed by atoms with Crippen LogP contribution in [0.15, 0.2) is 0 Å². The maximum absolute atomic E-state index is 5.36. The lowest BCUT2D eigenvalue weighted by atomic mass is 10.0. The van der Waals surface area contributed by atoms with Crippen molar-refractivity contribution in [3.05, 3.63) is 10.0 Å². The number of ether oxygens (including phenoxy) is 1. The monoisotopic (exact) mass is 241 g/mol. The van der Waals surface area contributed by atoms with E-state index in [-0.39, 0.29) is 0 Å². The van der Waals surface area contributed by atoms with Crippen LogP contribution in [0, 0.1) is 0 Å². The minimum Gasteiger partial charge on any atom is -0.381 e. The van der Waals surface area contributed by atoms with E-state index in [2.05, 4.69) is 29.4 Å². The molecule has 90 valence electrons. The fourth-order valence-corrected chi connectivity index (χ4v) is 2.96. The molecule has 1 fully saturated rings. The highest BCUT2D eigenvalue weighted by Gasteiger charge is 2.21. The van der Waals surface area contributed by atoms with Crippen molar-refractivity contribution in [2.24, 2.45) is 0 Å². The van der Waals surface area contributed by atoms with E-state index in [9.17, 15) is 0 Å². The third-order valence-corrected chi connectivity index (χ3v) is 4.18. The maximum atomic E-state index is 5.36. The number of hydrogen-bond acceptors (Lipinski definition) is 5. The second kappa shape index (κ2) is 5.70. The van der Waals surface area contributed by atoms with E-state index in [1.165, 1.54) is 5.01 Å². The minimum atomic E-state index is 0.316. The summed E-state index contributed by atoms with van der Waals surface area (Å²) in [5.41, 5.74) is 0. The number of hydrogen-bond donors (Lipinski definition) is 1. The largest absolute Gasteiger partial charge is 0.381 e. The Hall–Kier alpha value is -0.520. The molecular formula is C11H19N3OS. The molecule has 5 heteroatoms. The molecular weight excluding hydrogens is 222 g/mol. The van der Waals surface area contributed by atoms with Gasteiger partial charge in [-0.15, -0.1) is 10.2 Å². The van der Waals surface area contributed by atoms with Gasteiger partial charge in [0.15, 0.2) is 0 Å². The van der Waals surface area contributed by atoms with Crippen LogP contribution in [0.1, 0.15) is 48.7 Å². The highest BCUT2D eigenvalue weighted by molar-refractivity contribution is 7.11. The lowest BCUT2D eigenvalue weighted by molar-refractivity contribution is 0.0851. The molecule has 0 spiro atoms. The van der Waals surface area contributed by atoms with E-state index in [0.29, 0.717) is 12.0 Å². The summed E-state index contributed by atoms with van der Waals surface area (Å²) in [6, 6.07) is 0.316. The van der Waals surface area contributed by atoms with Crippen molar-refractivity contribution in [2.75, 3.05) is 19.8 Å². The zero-order chi connectivity index (χ0) is 11.4. The van der Waals surface area contributed by atoms with Gasteiger partial charge in [-0.05, 0) is 26.3 Å². The number of rotatable bonds is 4. The quantitative estimate of drug-likeness (QED) is 0.877. The molecule has 1 aliphatic rings. The molecule has 0 saturated carbocycles. The lowest BCUT2D eigenvalue weighted by Gasteiger charge is -2.19. The predicted octanol–water partition coefficient (Wildman–Crippen LogP) is 2.10. The van der Waals surface area contributed by atoms with Crippen LogP contribution in [0.25, 0.3) is 0 Å². The van der Waals surface area contributed by atoms with Crippen molar-refractivity contribution in [3.8, 4) is 0 Å². The summed E-state index contributed by atoms with van der Waals surface area (Å²) >= 11 is 1.75. The molecule has 0 radical (unpaired) electrons. The van der Waals surface area contributed by atoms with Gasteiger partial charge in [0, 0.05) is 19.1 Å². The average Bonchev–Trinajstić information content (AvgIpc) is 2.80. The normalized spacial score (nSPS) is 19.9. The van der Waals surface area contributed by atoms with Crippen molar-refractivity contribution in [1.82, 2.24) is 15.5 Å². The first-order chi connectivity index (χ1) is 7.81. The number of nitrogens with zero attached hydrogens (tertiary/aromatic N) is 2. The van der Waals surface area contributed by atoms with Gasteiger partial charge in [-0.3, -0.25) is 0 Å². The Balaban J connectivity index is 2.00. The molecule has 0 amide bonds. The van der Waals surface area contributed by atoms with E-state index in [1.54, 1.807) is 11.3 Å². The van der Waals surface area contributed by atoms with Gasteiger partial charge in [0.1, 0.15) is 10.0 Å². The van der Waals surface area contributed by atoms with Crippen LogP contribution in [0.3, 0.4) is 0 Å². The zero-order valence-corrected chi connectivity index (χ0v) is 10.7. The molecule has 2 heterocycles. The first kappa shape index (κ1) is 12.0. The summed E-state index contributed by atoms with van der Waals surface area (Å²) in [6.45, 7) is 6.94. The molecule has 1 aromatic heterocycles. The van der Waals surface area contributed by atoms with Crippen molar-refractivity contribution in [2.45, 2.75) is 38.6 Å². The van der Waals surface area contributed by atoms with Gasteiger partial charge >= 0.3 is 0 Å². The molecule has 1 atom stereocenters. The molecule has 1 saturated heterocycles. The molecule has 1 aromatic rings. The Kier molecular flexibility index (Phi) is 4.26. The second-order valence-electron chi connectivity index (χ2n) is 4.14. The molecule has 0 aliphatic carbocycles. The van der Waals surface area contributed by atoms with Crippen molar-refractivity contribution in [3.63, 3.8) is 0 Å². The van der Waals surface area contributed by atoms with Gasteiger partial charge in [-0.1, -0.05) is 18.3 Å². The van der Waals surface area contributed by atoms with E-state index in [4.69, 9.17) is 4.74 Å². The second-order valence-corrected chi connectivity index (χ2v) is 5.19. The van der Waals surface area contributed by atoms with E-state index >= 15 is 0 Å². The third kappa shape index (κ3) is 2.78. The van der Waals surface area contributed by atoms with E-state index in [1.807, 2.05) is 0 Å². The van der Waals surface area contributed by atoms with Crippen LogP contribution in [-0.2, 0) is 4.74 Å². The van der Waals surface area contributed by atoms with Gasteiger partial charge in [0.05, 0.1) is 6.04 Å². The van der Waals surface area contributed by atoms with Gasteiger partial charge < -0.3 is 10.1 Å². The van der Waals surface area contributed by atoms with Crippen LogP contribution in [0.4, 0.5) is 0 Å². The van der Waals surface area contributed by atoms with Crippen molar-refractivity contribution >= 4 is 11.3 Å². The van der Waals surface area contributed by atoms with Gasteiger partial charge in [0.25, 0.3) is 0 Å². The SMILES string of the molecule is CCNC(C)c1nnc(C2CCOCC2)s1. The van der Waals surface area contributed by atoms with Gasteiger partial charge in [-0.2, -0.15) is 0 Å². The molecule has 1 aliphatic heterocycles. The summed E-state index contributed by atoms with van der Waals surface area (Å²) in [7, 11) is 0. The zero-order valence-electron chi connectivity index (χ0n) is 9.90. The number of aromatic nitrogens is 2. The summed E-state index contributed by atoms with van der Waals surface area (Å²) in [6.07, 6.45) is 2.18. The lowest BCUT2D eigenvalue weighted by Crippen LogP contribution is -2.17. The Morgan fingerprint density at radius 3 is 2.88 bits per heavy atom. The molecule has 16 heavy (non-hydrogen) atoms. The smallest absolute Gasteiger partial charge is 0.134 e. The van der Waals surface area contributed by atoms with E-state index < -0.39 is 0 Å². The first-order valence-corrected chi connectivity index (χ1v) is 6.77. The molecule has 0 bridgehead atoms. The standard InChI is InChI=1S/C11H19N3OS/c1-3-12-8(2)10-13-14-11(16-10)9-4-6-15-7-5-9/h8-9,12H,3-7H2,1-2H3. The minimum absolute atomic E-state index is 0.316. The highest BCUT2D eigenvalue weighted by atomic mass is 32.1. The van der Waals surface area contributed by atoms with Gasteiger partial charge in [-0.25, -0.2) is 0 Å². The Morgan fingerprint density at radius 1 is 1.44 bits per heavy atom. The fourth-order valence-electron chi connectivity index (χ4n) is 1.92. The maximum Gasteiger partial charge on any atom is 0.134 e. The Bertz CT molecular complexity index is 323. The van der Waals surface area contributed by atoms with Crippen LogP contribution in [0.2, 0.25) is 0 Å². The first-order valence-electron chi connectivity index (χ1n) is 5.95. The van der Waals surface area contributed by atoms with Crippen LogP contribution < -0.4 is 5.32 Å². The molecule has 2 rings (SSSR count). The summed E-state index contributed by atoms with van der Waals surface area (Å²) in [5, 5.41) is 14.2. The van der Waals surface area contributed by atoms with Crippen LogP contribution in [-0.4, -0.2) is 30.0 Å². The summed E-state index contributed by atoms with van der Waals surface area (Å²) in [5.74, 6) is 0.564. The molecule has 4 nitrogen and oxygen atoms in total. The highest BCUT2D eigenvalue weighted by Crippen LogP contribution is 2.30. The summed E-state index contributed by atoms with van der Waals surface area (Å²) < 4.78 is 5.36. The van der Waals surface area contributed by atoms with E-state index in [0.717, 1.165) is 37.6 Å². The fraction of sp³-hybridized carbons (Fsp3) is 0.818. The Morgan fingerprint density at radius 2 is 2.19 bits per heavy atom. The third-order valence-electron chi connectivity index (χ3n) is 2.91. The predicted molar refractivity (Wildman–Crippen MR) is 64.8 cm³/mol. The Labute approximate surface area is 100 Å². The topological polar surface area (TPSA) is 47.0 Å². The molecule has 1 N–H and O–H groups in total. The molecule has 0 aromatic carbocycles. The number of nitrogens with one attached hydrogen (secondary N) is 1. The van der Waals surface area contributed by atoms with Crippen molar-refractivity contribution in [1.29, 1.82) is 0 Å². The van der Waals surface area contributed by atoms with Crippen molar-refractivity contribution < 1.29 is 4.74 Å². The van der Waals surface area contributed by atoms with Crippen LogP contribution >= 0.6 is 11.3 Å². The molecule has 1 unspecified atom stereocenters.